The van der Waals surface area contributed by atoms with Crippen LogP contribution >= 0.6 is 0 Å². The molecule has 4 heteroatoms. The number of hydrogen-bond acceptors (Lipinski definition) is 3. The average molecular weight is 182 g/mol. The summed E-state index contributed by atoms with van der Waals surface area (Å²) in [5.41, 5.74) is 7.02. The zero-order chi connectivity index (χ0) is 10.0. The Hall–Kier alpha value is -1.45. The van der Waals surface area contributed by atoms with Crippen LogP contribution in [0.25, 0.3) is 0 Å². The molecule has 0 unspecified atom stereocenters. The van der Waals surface area contributed by atoms with Crippen LogP contribution in [0.5, 0.6) is 0 Å². The molecule has 13 heavy (non-hydrogen) atoms. The molecule has 0 amide bonds. The lowest BCUT2D eigenvalue weighted by atomic mass is 10.2. The summed E-state index contributed by atoms with van der Waals surface area (Å²) < 4.78 is 6.58. The summed E-state index contributed by atoms with van der Waals surface area (Å²) in [6.07, 6.45) is 1.81. The molecule has 2 N–H and O–H groups in total. The van der Waals surface area contributed by atoms with Gasteiger partial charge in [-0.1, -0.05) is 0 Å². The number of aryl methyl sites for hydroxylation is 2. The molecule has 0 fully saturated rings. The highest BCUT2D eigenvalue weighted by atomic mass is 16.5. The fraction of sp³-hybridized carbons (Fsp3) is 0.444. The highest BCUT2D eigenvalue weighted by molar-refractivity contribution is 5.96. The van der Waals surface area contributed by atoms with Crippen LogP contribution in [0.2, 0.25) is 0 Å². The molecule has 4 nitrogen and oxygen atoms in total. The van der Waals surface area contributed by atoms with Crippen LogP contribution in [0, 0.1) is 6.92 Å². The Morgan fingerprint density at radius 1 is 1.69 bits per heavy atom. The van der Waals surface area contributed by atoms with Crippen LogP contribution in [0.4, 0.5) is 5.82 Å². The second-order valence-corrected chi connectivity index (χ2v) is 2.90. The second-order valence-electron chi connectivity index (χ2n) is 2.90. The topological polar surface area (TPSA) is 57.2 Å². The summed E-state index contributed by atoms with van der Waals surface area (Å²) in [7, 11) is 1.80. The third-order valence-electron chi connectivity index (χ3n) is 1.90. The van der Waals surface area contributed by atoms with Crippen molar-refractivity contribution in [1.29, 1.82) is 0 Å². The van der Waals surface area contributed by atoms with Crippen molar-refractivity contribution in [3.63, 3.8) is 0 Å². The standard InChI is InChI=1S/C9H14N2O2/c1-4-13-9(12)7-6(2)5-11(3)8(7)10/h5H,4,10H2,1-3H3. The molecule has 72 valence electrons. The van der Waals surface area contributed by atoms with E-state index >= 15 is 0 Å². The Morgan fingerprint density at radius 2 is 2.31 bits per heavy atom. The number of nitrogen functional groups attached to an aromatic ring is 1. The number of carbonyl (C=O) groups is 1. The smallest absolute Gasteiger partial charge is 0.342 e. The van der Waals surface area contributed by atoms with Crippen molar-refractivity contribution in [2.24, 2.45) is 7.05 Å². The van der Waals surface area contributed by atoms with Crippen molar-refractivity contribution in [3.8, 4) is 0 Å². The summed E-state index contributed by atoms with van der Waals surface area (Å²) in [6.45, 7) is 3.97. The summed E-state index contributed by atoms with van der Waals surface area (Å²) >= 11 is 0. The first-order chi connectivity index (χ1) is 6.07. The summed E-state index contributed by atoms with van der Waals surface area (Å²) in [6, 6.07) is 0. The minimum absolute atomic E-state index is 0.349. The maximum absolute atomic E-state index is 11.4. The van der Waals surface area contributed by atoms with Crippen molar-refractivity contribution < 1.29 is 9.53 Å². The SMILES string of the molecule is CCOC(=O)c1c(C)cn(C)c1N. The third kappa shape index (κ3) is 1.66. The van der Waals surface area contributed by atoms with E-state index in [1.165, 1.54) is 0 Å². The van der Waals surface area contributed by atoms with Gasteiger partial charge in [-0.05, 0) is 19.4 Å². The molecule has 0 aliphatic carbocycles. The number of nitrogens with zero attached hydrogens (tertiary/aromatic N) is 1. The molecule has 1 heterocycles. The first-order valence-corrected chi connectivity index (χ1v) is 4.16. The van der Waals surface area contributed by atoms with Gasteiger partial charge in [-0.3, -0.25) is 0 Å². The fourth-order valence-corrected chi connectivity index (χ4v) is 1.27. The number of anilines is 1. The van der Waals surface area contributed by atoms with Crippen molar-refractivity contribution in [1.82, 2.24) is 4.57 Å². The molecule has 0 bridgehead atoms. The maximum Gasteiger partial charge on any atom is 0.342 e. The van der Waals surface area contributed by atoms with Gasteiger partial charge in [0.2, 0.25) is 0 Å². The lowest BCUT2D eigenvalue weighted by Gasteiger charge is -2.02. The molecule has 0 saturated heterocycles. The van der Waals surface area contributed by atoms with Crippen molar-refractivity contribution in [2.45, 2.75) is 13.8 Å². The number of carbonyl (C=O) groups excluding carboxylic acids is 1. The maximum atomic E-state index is 11.4. The number of ether oxygens (including phenoxy) is 1. The van der Waals surface area contributed by atoms with Crippen molar-refractivity contribution >= 4 is 11.8 Å². The van der Waals surface area contributed by atoms with Gasteiger partial charge in [-0.15, -0.1) is 0 Å². The second kappa shape index (κ2) is 3.51. The number of aromatic nitrogens is 1. The highest BCUT2D eigenvalue weighted by Gasteiger charge is 2.16. The third-order valence-corrected chi connectivity index (χ3v) is 1.90. The quantitative estimate of drug-likeness (QED) is 0.696. The van der Waals surface area contributed by atoms with Gasteiger partial charge >= 0.3 is 5.97 Å². The molecule has 0 aliphatic heterocycles. The van der Waals surface area contributed by atoms with E-state index in [0.29, 0.717) is 18.0 Å². The van der Waals surface area contributed by atoms with Gasteiger partial charge < -0.3 is 15.0 Å². The Balaban J connectivity index is 3.06. The van der Waals surface area contributed by atoms with Gasteiger partial charge in [0, 0.05) is 13.2 Å². The lowest BCUT2D eigenvalue weighted by molar-refractivity contribution is 0.0527. The largest absolute Gasteiger partial charge is 0.462 e. The van der Waals surface area contributed by atoms with Crippen LogP contribution in [0.3, 0.4) is 0 Å². The number of nitrogens with two attached hydrogens (primary N) is 1. The van der Waals surface area contributed by atoms with E-state index in [-0.39, 0.29) is 5.97 Å². The molecule has 0 aromatic carbocycles. The highest BCUT2D eigenvalue weighted by Crippen LogP contribution is 2.18. The van der Waals surface area contributed by atoms with Gasteiger partial charge in [0.1, 0.15) is 11.4 Å². The normalized spacial score (nSPS) is 10.1. The summed E-state index contributed by atoms with van der Waals surface area (Å²) in [5.74, 6) is 0.106. The Labute approximate surface area is 77.3 Å². The summed E-state index contributed by atoms with van der Waals surface area (Å²) in [5, 5.41) is 0. The minimum Gasteiger partial charge on any atom is -0.462 e. The van der Waals surface area contributed by atoms with Gasteiger partial charge in [0.05, 0.1) is 6.61 Å². The first kappa shape index (κ1) is 9.64. The molecular formula is C9H14N2O2. The molecule has 0 saturated carbocycles. The number of hydrogen-bond donors (Lipinski definition) is 1. The lowest BCUT2D eigenvalue weighted by Crippen LogP contribution is -2.08. The van der Waals surface area contributed by atoms with E-state index in [9.17, 15) is 4.79 Å². The van der Waals surface area contributed by atoms with E-state index in [1.54, 1.807) is 18.5 Å². The predicted molar refractivity (Wildman–Crippen MR) is 50.5 cm³/mol. The summed E-state index contributed by atoms with van der Waals surface area (Å²) in [4.78, 5) is 11.4. The molecule has 0 atom stereocenters. The molecular weight excluding hydrogens is 168 g/mol. The van der Waals surface area contributed by atoms with Gasteiger partial charge in [-0.25, -0.2) is 4.79 Å². The van der Waals surface area contributed by atoms with Crippen LogP contribution < -0.4 is 5.73 Å². The van der Waals surface area contributed by atoms with E-state index < -0.39 is 0 Å². The fourth-order valence-electron chi connectivity index (χ4n) is 1.27. The molecule has 1 rings (SSSR count). The zero-order valence-electron chi connectivity index (χ0n) is 8.13. The van der Waals surface area contributed by atoms with Crippen LogP contribution in [0.15, 0.2) is 6.20 Å². The molecule has 0 aliphatic rings. The number of rotatable bonds is 2. The van der Waals surface area contributed by atoms with E-state index in [4.69, 9.17) is 10.5 Å². The van der Waals surface area contributed by atoms with E-state index in [0.717, 1.165) is 5.56 Å². The molecule has 0 radical (unpaired) electrons. The molecule has 0 spiro atoms. The van der Waals surface area contributed by atoms with Gasteiger partial charge in [0.15, 0.2) is 0 Å². The molecule has 1 aromatic rings. The van der Waals surface area contributed by atoms with E-state index in [1.807, 2.05) is 13.1 Å². The van der Waals surface area contributed by atoms with Gasteiger partial charge in [-0.2, -0.15) is 0 Å². The first-order valence-electron chi connectivity index (χ1n) is 4.16. The Morgan fingerprint density at radius 3 is 2.69 bits per heavy atom. The number of esters is 1. The molecule has 1 aromatic heterocycles. The van der Waals surface area contributed by atoms with Crippen LogP contribution in [0.1, 0.15) is 22.8 Å². The Bertz CT molecular complexity index is 329. The average Bonchev–Trinajstić information content (AvgIpc) is 2.27. The predicted octanol–water partition coefficient (Wildman–Crippen LogP) is 1.09. The van der Waals surface area contributed by atoms with E-state index in [2.05, 4.69) is 0 Å². The van der Waals surface area contributed by atoms with Crippen LogP contribution in [-0.2, 0) is 11.8 Å². The zero-order valence-corrected chi connectivity index (χ0v) is 8.13. The van der Waals surface area contributed by atoms with Crippen LogP contribution in [-0.4, -0.2) is 17.1 Å². The van der Waals surface area contributed by atoms with Crippen molar-refractivity contribution in [3.05, 3.63) is 17.3 Å². The van der Waals surface area contributed by atoms with Gasteiger partial charge in [0.25, 0.3) is 0 Å². The monoisotopic (exact) mass is 182 g/mol. The minimum atomic E-state index is -0.349. The Kier molecular flexibility index (Phi) is 2.60. The van der Waals surface area contributed by atoms with Crippen molar-refractivity contribution in [2.75, 3.05) is 12.3 Å².